The van der Waals surface area contributed by atoms with E-state index in [9.17, 15) is 23.3 Å². The highest BCUT2D eigenvalue weighted by Gasteiger charge is 2.27. The molecule has 1 heterocycles. The zero-order chi connectivity index (χ0) is 22.6. The number of halogens is 1. The normalized spacial score (nSPS) is 14.0. The van der Waals surface area contributed by atoms with Crippen molar-refractivity contribution < 1.29 is 22.6 Å². The van der Waals surface area contributed by atoms with Gasteiger partial charge in [0.1, 0.15) is 16.4 Å². The van der Waals surface area contributed by atoms with Crippen LogP contribution in [0.2, 0.25) is 5.02 Å². The summed E-state index contributed by atoms with van der Waals surface area (Å²) < 4.78 is 34.7. The lowest BCUT2D eigenvalue weighted by Crippen LogP contribution is -2.14. The molecule has 32 heavy (non-hydrogen) atoms. The van der Waals surface area contributed by atoms with Crippen LogP contribution in [0.1, 0.15) is 29.0 Å². The first-order valence-corrected chi connectivity index (χ1v) is 11.6. The van der Waals surface area contributed by atoms with Crippen molar-refractivity contribution in [3.05, 3.63) is 75.0 Å². The number of sulfonamides is 1. The molecule has 1 aliphatic rings. The van der Waals surface area contributed by atoms with Gasteiger partial charge in [0.25, 0.3) is 15.7 Å². The van der Waals surface area contributed by atoms with Gasteiger partial charge >= 0.3 is 0 Å². The number of hydrogen-bond acceptors (Lipinski definition) is 6. The summed E-state index contributed by atoms with van der Waals surface area (Å²) in [5, 5.41) is 12.8. The average molecular weight is 471 g/mol. The lowest BCUT2D eigenvalue weighted by molar-refractivity contribution is -0.384. The predicted octanol–water partition coefficient (Wildman–Crippen LogP) is 5.47. The monoisotopic (exact) mass is 470 g/mol. The number of carbonyl (C=O) groups excluding carboxylic acids is 1. The molecule has 0 radical (unpaired) electrons. The molecule has 4 aromatic rings. The number of hydrogen-bond donors (Lipinski definition) is 1. The van der Waals surface area contributed by atoms with Gasteiger partial charge in [0.2, 0.25) is 0 Å². The Morgan fingerprint density at radius 2 is 1.78 bits per heavy atom. The summed E-state index contributed by atoms with van der Waals surface area (Å²) in [6.45, 7) is 0. The molecule has 162 valence electrons. The third kappa shape index (κ3) is 3.21. The second kappa shape index (κ2) is 7.32. The van der Waals surface area contributed by atoms with Crippen molar-refractivity contribution in [2.24, 2.45) is 0 Å². The molecule has 0 saturated carbocycles. The maximum atomic E-state index is 13.1. The lowest BCUT2D eigenvalue weighted by atomic mass is 9.93. The molecule has 0 fully saturated rings. The fourth-order valence-electron chi connectivity index (χ4n) is 4.07. The summed E-state index contributed by atoms with van der Waals surface area (Å²) in [4.78, 5) is 22.7. The van der Waals surface area contributed by atoms with Gasteiger partial charge in [0, 0.05) is 35.1 Å². The van der Waals surface area contributed by atoms with Crippen LogP contribution in [-0.2, 0) is 16.4 Å². The predicted molar refractivity (Wildman–Crippen MR) is 120 cm³/mol. The quantitative estimate of drug-likeness (QED) is 0.312. The van der Waals surface area contributed by atoms with Gasteiger partial charge in [-0.3, -0.25) is 19.6 Å². The minimum absolute atomic E-state index is 0.0394. The number of Topliss-reactive ketones (excluding diaryl/α,β-unsaturated/α-hetero) is 1. The highest BCUT2D eigenvalue weighted by molar-refractivity contribution is 7.92. The number of rotatable bonds is 4. The molecular formula is C22H15ClN2O6S. The molecule has 0 atom stereocenters. The van der Waals surface area contributed by atoms with E-state index in [1.54, 1.807) is 30.3 Å². The van der Waals surface area contributed by atoms with Gasteiger partial charge < -0.3 is 4.42 Å². The SMILES string of the molecule is O=C1CCCc2oc3c(cc(NS(=O)(=O)c4ccc(Cl)c([N+](=O)[O-])c4)c4ccccc43)c21. The Labute approximate surface area is 187 Å². The van der Waals surface area contributed by atoms with Crippen molar-refractivity contribution >= 4 is 60.5 Å². The number of nitro benzene ring substituents is 1. The summed E-state index contributed by atoms with van der Waals surface area (Å²) in [6, 6.07) is 11.9. The number of ketones is 1. The Morgan fingerprint density at radius 3 is 2.53 bits per heavy atom. The first-order valence-electron chi connectivity index (χ1n) is 9.73. The van der Waals surface area contributed by atoms with E-state index in [0.717, 1.165) is 6.07 Å². The first kappa shape index (κ1) is 20.5. The van der Waals surface area contributed by atoms with E-state index in [2.05, 4.69) is 4.72 Å². The number of benzene rings is 3. The third-order valence-electron chi connectivity index (χ3n) is 5.52. The van der Waals surface area contributed by atoms with Gasteiger partial charge in [-0.05, 0) is 24.6 Å². The topological polar surface area (TPSA) is 120 Å². The molecule has 0 saturated heterocycles. The number of anilines is 1. The molecule has 0 aliphatic heterocycles. The van der Waals surface area contributed by atoms with E-state index in [1.807, 2.05) is 0 Å². The van der Waals surface area contributed by atoms with Crippen molar-refractivity contribution in [1.29, 1.82) is 0 Å². The Balaban J connectivity index is 1.70. The van der Waals surface area contributed by atoms with E-state index in [4.69, 9.17) is 16.0 Å². The number of furan rings is 1. The van der Waals surface area contributed by atoms with Gasteiger partial charge in [-0.1, -0.05) is 35.9 Å². The minimum atomic E-state index is -4.19. The fraction of sp³-hybridized carbons (Fsp3) is 0.136. The molecule has 5 rings (SSSR count). The van der Waals surface area contributed by atoms with Crippen LogP contribution in [0.15, 0.2) is 57.8 Å². The second-order valence-electron chi connectivity index (χ2n) is 7.50. The maximum absolute atomic E-state index is 13.1. The number of carbonyl (C=O) groups is 1. The Bertz CT molecular complexity index is 1560. The maximum Gasteiger partial charge on any atom is 0.289 e. The van der Waals surface area contributed by atoms with Crippen LogP contribution in [-0.4, -0.2) is 19.1 Å². The number of nitro groups is 1. The average Bonchev–Trinajstić information content (AvgIpc) is 3.13. The van der Waals surface area contributed by atoms with Crippen LogP contribution in [0.3, 0.4) is 0 Å². The Kier molecular flexibility index (Phi) is 4.68. The molecule has 0 unspecified atom stereocenters. The highest BCUT2D eigenvalue weighted by atomic mass is 35.5. The second-order valence-corrected chi connectivity index (χ2v) is 9.59. The van der Waals surface area contributed by atoms with Crippen molar-refractivity contribution in [1.82, 2.24) is 0 Å². The van der Waals surface area contributed by atoms with Gasteiger partial charge in [0.15, 0.2) is 5.78 Å². The van der Waals surface area contributed by atoms with Gasteiger partial charge in [-0.15, -0.1) is 0 Å². The van der Waals surface area contributed by atoms with E-state index in [-0.39, 0.29) is 21.4 Å². The molecule has 0 spiro atoms. The smallest absolute Gasteiger partial charge is 0.289 e. The fourth-order valence-corrected chi connectivity index (χ4v) is 5.35. The van der Waals surface area contributed by atoms with E-state index < -0.39 is 20.6 Å². The molecule has 3 aromatic carbocycles. The van der Waals surface area contributed by atoms with Crippen LogP contribution in [0.4, 0.5) is 11.4 Å². The summed E-state index contributed by atoms with van der Waals surface area (Å²) in [5.41, 5.74) is 0.752. The molecule has 1 aliphatic carbocycles. The molecule has 0 amide bonds. The van der Waals surface area contributed by atoms with Crippen LogP contribution < -0.4 is 4.72 Å². The lowest BCUT2D eigenvalue weighted by Gasteiger charge is -2.12. The van der Waals surface area contributed by atoms with Crippen LogP contribution in [0, 0.1) is 10.1 Å². The Hall–Kier alpha value is -3.43. The molecule has 1 N–H and O–H groups in total. The standard InChI is InChI=1S/C22H15ClN2O6S/c23-16-9-8-12(10-18(16)25(27)28)32(29,30)24-17-11-15-21-19(26)6-3-7-20(21)31-22(15)14-5-2-1-4-13(14)17/h1-2,4-5,8-11,24H,3,6-7H2. The van der Waals surface area contributed by atoms with E-state index in [1.165, 1.54) is 12.1 Å². The molecule has 10 heteroatoms. The Morgan fingerprint density at radius 1 is 1.03 bits per heavy atom. The number of nitrogens with one attached hydrogen (secondary N) is 1. The van der Waals surface area contributed by atoms with Crippen molar-refractivity contribution in [2.45, 2.75) is 24.2 Å². The molecular weight excluding hydrogens is 456 g/mol. The van der Waals surface area contributed by atoms with Crippen molar-refractivity contribution in [3.8, 4) is 0 Å². The van der Waals surface area contributed by atoms with Crippen LogP contribution >= 0.6 is 11.6 Å². The molecule has 8 nitrogen and oxygen atoms in total. The summed E-state index contributed by atoms with van der Waals surface area (Å²) in [5.74, 6) is 0.567. The number of nitrogens with zero attached hydrogens (tertiary/aromatic N) is 1. The van der Waals surface area contributed by atoms with Crippen LogP contribution in [0.25, 0.3) is 21.7 Å². The van der Waals surface area contributed by atoms with E-state index >= 15 is 0 Å². The van der Waals surface area contributed by atoms with Crippen LogP contribution in [0.5, 0.6) is 0 Å². The highest BCUT2D eigenvalue weighted by Crippen LogP contribution is 2.40. The van der Waals surface area contributed by atoms with E-state index in [0.29, 0.717) is 52.3 Å². The molecule has 1 aromatic heterocycles. The number of aryl methyl sites for hydroxylation is 1. The summed E-state index contributed by atoms with van der Waals surface area (Å²) in [6.07, 6.45) is 1.75. The van der Waals surface area contributed by atoms with Crippen molar-refractivity contribution in [2.75, 3.05) is 4.72 Å². The van der Waals surface area contributed by atoms with Crippen molar-refractivity contribution in [3.63, 3.8) is 0 Å². The molecule has 0 bridgehead atoms. The first-order chi connectivity index (χ1) is 15.3. The largest absolute Gasteiger partial charge is 0.460 e. The summed E-state index contributed by atoms with van der Waals surface area (Å²) in [7, 11) is -4.19. The zero-order valence-corrected chi connectivity index (χ0v) is 18.0. The summed E-state index contributed by atoms with van der Waals surface area (Å²) >= 11 is 5.81. The van der Waals surface area contributed by atoms with Gasteiger partial charge in [0.05, 0.1) is 21.1 Å². The zero-order valence-electron chi connectivity index (χ0n) is 16.4. The third-order valence-corrected chi connectivity index (χ3v) is 7.21. The number of fused-ring (bicyclic) bond motifs is 5. The minimum Gasteiger partial charge on any atom is -0.460 e. The van der Waals surface area contributed by atoms with Gasteiger partial charge in [-0.2, -0.15) is 0 Å². The van der Waals surface area contributed by atoms with Gasteiger partial charge in [-0.25, -0.2) is 8.42 Å².